The molecule has 0 aliphatic carbocycles. The van der Waals surface area contributed by atoms with Gasteiger partial charge in [0.05, 0.1) is 5.69 Å². The number of nitrogens with two attached hydrogens (primary N) is 1. The Bertz CT molecular complexity index is 422. The van der Waals surface area contributed by atoms with Gasteiger partial charge in [-0.2, -0.15) is 13.2 Å². The molecule has 0 fully saturated rings. The molecule has 0 aromatic heterocycles. The standard InChI is InChI=1S/C9H8F4N2OS/c10-5-1-2-6(15-8(14)17)7(3-5)16-4-9(11,12)13/h1-3H,4H2,(H3,14,15,17). The SMILES string of the molecule is NC(=S)Nc1ccc(F)cc1OCC(F)(F)F. The average molecular weight is 268 g/mol. The van der Waals surface area contributed by atoms with Crippen molar-refractivity contribution in [2.45, 2.75) is 6.18 Å². The number of halogens is 4. The van der Waals surface area contributed by atoms with Crippen molar-refractivity contribution in [1.29, 1.82) is 0 Å². The molecule has 0 amide bonds. The summed E-state index contributed by atoms with van der Waals surface area (Å²) in [5.41, 5.74) is 5.23. The van der Waals surface area contributed by atoms with Gasteiger partial charge < -0.3 is 15.8 Å². The van der Waals surface area contributed by atoms with Gasteiger partial charge in [0, 0.05) is 6.07 Å². The normalized spacial score (nSPS) is 11.1. The molecule has 8 heteroatoms. The molecule has 17 heavy (non-hydrogen) atoms. The predicted octanol–water partition coefficient (Wildman–Crippen LogP) is 2.42. The lowest BCUT2D eigenvalue weighted by molar-refractivity contribution is -0.153. The first-order valence-corrected chi connectivity index (χ1v) is 4.74. The number of rotatable bonds is 3. The van der Waals surface area contributed by atoms with Gasteiger partial charge in [-0.25, -0.2) is 4.39 Å². The van der Waals surface area contributed by atoms with Crippen LogP contribution >= 0.6 is 12.2 Å². The Morgan fingerprint density at radius 1 is 1.41 bits per heavy atom. The van der Waals surface area contributed by atoms with Crippen LogP contribution in [-0.4, -0.2) is 17.9 Å². The summed E-state index contributed by atoms with van der Waals surface area (Å²) in [6.07, 6.45) is -4.51. The van der Waals surface area contributed by atoms with E-state index in [0.717, 1.165) is 12.1 Å². The van der Waals surface area contributed by atoms with Gasteiger partial charge in [-0.15, -0.1) is 0 Å². The Hall–Kier alpha value is -1.57. The number of hydrogen-bond donors (Lipinski definition) is 2. The molecule has 94 valence electrons. The molecule has 3 nitrogen and oxygen atoms in total. The Labute approximate surface area is 99.6 Å². The van der Waals surface area contributed by atoms with Gasteiger partial charge in [0.15, 0.2) is 11.7 Å². The summed E-state index contributed by atoms with van der Waals surface area (Å²) in [5.74, 6) is -1.04. The number of hydrogen-bond acceptors (Lipinski definition) is 2. The van der Waals surface area contributed by atoms with Gasteiger partial charge in [-0.1, -0.05) is 0 Å². The van der Waals surface area contributed by atoms with E-state index in [1.54, 1.807) is 0 Å². The first-order valence-electron chi connectivity index (χ1n) is 4.33. The fourth-order valence-electron chi connectivity index (χ4n) is 1.01. The van der Waals surface area contributed by atoms with Gasteiger partial charge in [-0.3, -0.25) is 0 Å². The quantitative estimate of drug-likeness (QED) is 0.653. The first-order chi connectivity index (χ1) is 7.78. The topological polar surface area (TPSA) is 47.3 Å². The van der Waals surface area contributed by atoms with Crippen LogP contribution in [-0.2, 0) is 0 Å². The Balaban J connectivity index is 2.87. The van der Waals surface area contributed by atoms with Crippen molar-refractivity contribution in [2.24, 2.45) is 5.73 Å². The fraction of sp³-hybridized carbons (Fsp3) is 0.222. The molecule has 0 unspecified atom stereocenters. The highest BCUT2D eigenvalue weighted by atomic mass is 32.1. The highest BCUT2D eigenvalue weighted by Gasteiger charge is 2.29. The maximum atomic E-state index is 12.9. The molecular formula is C9H8F4N2OS. The lowest BCUT2D eigenvalue weighted by Crippen LogP contribution is -2.22. The van der Waals surface area contributed by atoms with Crippen LogP contribution in [0.15, 0.2) is 18.2 Å². The fourth-order valence-corrected chi connectivity index (χ4v) is 1.12. The van der Waals surface area contributed by atoms with E-state index in [-0.39, 0.29) is 16.5 Å². The van der Waals surface area contributed by atoms with Crippen LogP contribution in [0.4, 0.5) is 23.2 Å². The molecule has 0 bridgehead atoms. The van der Waals surface area contributed by atoms with Crippen molar-refractivity contribution in [3.05, 3.63) is 24.0 Å². The summed E-state index contributed by atoms with van der Waals surface area (Å²) in [5, 5.41) is 2.23. The van der Waals surface area contributed by atoms with Crippen molar-refractivity contribution in [3.63, 3.8) is 0 Å². The van der Waals surface area contributed by atoms with Crippen LogP contribution < -0.4 is 15.8 Å². The Kier molecular flexibility index (Phi) is 4.11. The lowest BCUT2D eigenvalue weighted by Gasteiger charge is -2.13. The molecule has 0 radical (unpaired) electrons. The van der Waals surface area contributed by atoms with Crippen molar-refractivity contribution in [3.8, 4) is 5.75 Å². The van der Waals surface area contributed by atoms with Gasteiger partial charge in [0.2, 0.25) is 0 Å². The largest absolute Gasteiger partial charge is 0.482 e. The monoisotopic (exact) mass is 268 g/mol. The summed E-state index contributed by atoms with van der Waals surface area (Å²) in [4.78, 5) is 0. The molecule has 0 atom stereocenters. The van der Waals surface area contributed by atoms with E-state index in [2.05, 4.69) is 22.3 Å². The number of alkyl halides is 3. The summed E-state index contributed by atoms with van der Waals surface area (Å²) in [7, 11) is 0. The minimum Gasteiger partial charge on any atom is -0.482 e. The van der Waals surface area contributed by atoms with Crippen LogP contribution in [0.2, 0.25) is 0 Å². The van der Waals surface area contributed by atoms with E-state index >= 15 is 0 Å². The van der Waals surface area contributed by atoms with Crippen molar-refractivity contribution in [1.82, 2.24) is 0 Å². The van der Waals surface area contributed by atoms with Crippen LogP contribution in [0.1, 0.15) is 0 Å². The molecule has 0 heterocycles. The number of thiocarbonyl (C=S) groups is 1. The van der Waals surface area contributed by atoms with E-state index < -0.39 is 18.6 Å². The molecule has 0 saturated heterocycles. The third-order valence-corrected chi connectivity index (χ3v) is 1.69. The third kappa shape index (κ3) is 4.85. The zero-order valence-electron chi connectivity index (χ0n) is 8.34. The number of anilines is 1. The van der Waals surface area contributed by atoms with Crippen LogP contribution in [0.5, 0.6) is 5.75 Å². The van der Waals surface area contributed by atoms with E-state index in [1.165, 1.54) is 6.07 Å². The summed E-state index contributed by atoms with van der Waals surface area (Å²) < 4.78 is 53.1. The molecule has 1 rings (SSSR count). The molecule has 1 aromatic carbocycles. The van der Waals surface area contributed by atoms with Crippen molar-refractivity contribution >= 4 is 23.0 Å². The molecule has 0 spiro atoms. The zero-order valence-corrected chi connectivity index (χ0v) is 9.16. The number of nitrogens with one attached hydrogen (secondary N) is 1. The van der Waals surface area contributed by atoms with Crippen molar-refractivity contribution in [2.75, 3.05) is 11.9 Å². The average Bonchev–Trinajstić information content (AvgIpc) is 2.16. The molecule has 3 N–H and O–H groups in total. The highest BCUT2D eigenvalue weighted by Crippen LogP contribution is 2.27. The molecule has 1 aromatic rings. The minimum atomic E-state index is -4.51. The second-order valence-electron chi connectivity index (χ2n) is 3.03. The predicted molar refractivity (Wildman–Crippen MR) is 58.4 cm³/mol. The maximum Gasteiger partial charge on any atom is 0.422 e. The van der Waals surface area contributed by atoms with Gasteiger partial charge in [0.1, 0.15) is 11.6 Å². The lowest BCUT2D eigenvalue weighted by atomic mass is 10.3. The van der Waals surface area contributed by atoms with Crippen LogP contribution in [0.25, 0.3) is 0 Å². The van der Waals surface area contributed by atoms with Gasteiger partial charge in [0.25, 0.3) is 0 Å². The molecule has 0 aliphatic rings. The Morgan fingerprint density at radius 3 is 2.59 bits per heavy atom. The van der Waals surface area contributed by atoms with E-state index in [9.17, 15) is 17.6 Å². The highest BCUT2D eigenvalue weighted by molar-refractivity contribution is 7.80. The van der Waals surface area contributed by atoms with E-state index in [0.29, 0.717) is 0 Å². The van der Waals surface area contributed by atoms with Crippen molar-refractivity contribution < 1.29 is 22.3 Å². The van der Waals surface area contributed by atoms with Crippen LogP contribution in [0, 0.1) is 5.82 Å². The summed E-state index contributed by atoms with van der Waals surface area (Å²) in [6, 6.07) is 3.04. The molecular weight excluding hydrogens is 260 g/mol. The zero-order chi connectivity index (χ0) is 13.1. The summed E-state index contributed by atoms with van der Waals surface area (Å²) in [6.45, 7) is -1.53. The third-order valence-electron chi connectivity index (χ3n) is 1.59. The first kappa shape index (κ1) is 13.5. The molecule has 0 aliphatic heterocycles. The second-order valence-corrected chi connectivity index (χ2v) is 3.47. The van der Waals surface area contributed by atoms with E-state index in [4.69, 9.17) is 5.73 Å². The minimum absolute atomic E-state index is 0.0724. The van der Waals surface area contributed by atoms with Crippen LogP contribution in [0.3, 0.4) is 0 Å². The molecule has 0 saturated carbocycles. The number of benzene rings is 1. The Morgan fingerprint density at radius 2 is 2.06 bits per heavy atom. The van der Waals surface area contributed by atoms with E-state index in [1.807, 2.05) is 0 Å². The second kappa shape index (κ2) is 5.17. The number of ether oxygens (including phenoxy) is 1. The van der Waals surface area contributed by atoms with Gasteiger partial charge >= 0.3 is 6.18 Å². The maximum absolute atomic E-state index is 12.9. The van der Waals surface area contributed by atoms with Gasteiger partial charge in [-0.05, 0) is 24.4 Å². The smallest absolute Gasteiger partial charge is 0.422 e. The summed E-state index contributed by atoms with van der Waals surface area (Å²) >= 11 is 4.52.